The van der Waals surface area contributed by atoms with Crippen LogP contribution in [-0.4, -0.2) is 31.0 Å². The summed E-state index contributed by atoms with van der Waals surface area (Å²) in [5.41, 5.74) is 5.35. The smallest absolute Gasteiger partial charge is 0.0684 e. The van der Waals surface area contributed by atoms with E-state index in [-0.39, 0.29) is 0 Å². The van der Waals surface area contributed by atoms with Crippen LogP contribution < -0.4 is 5.73 Å². The van der Waals surface area contributed by atoms with Gasteiger partial charge < -0.3 is 15.6 Å². The molecule has 0 radical (unpaired) electrons. The van der Waals surface area contributed by atoms with E-state index in [2.05, 4.69) is 6.92 Å². The Morgan fingerprint density at radius 2 is 1.04 bits per heavy atom. The van der Waals surface area contributed by atoms with Crippen LogP contribution in [0.1, 0.15) is 116 Å². The van der Waals surface area contributed by atoms with E-state index in [1.165, 1.54) is 96.3 Å². The quantitative estimate of drug-likeness (QED) is 0.249. The third kappa shape index (κ3) is 21.8. The van der Waals surface area contributed by atoms with E-state index >= 15 is 0 Å². The zero-order valence-electron chi connectivity index (χ0n) is 17.2. The van der Waals surface area contributed by atoms with Gasteiger partial charge in [-0.05, 0) is 12.8 Å². The molecule has 0 aliphatic heterocycles. The van der Waals surface area contributed by atoms with Crippen LogP contribution in [0.15, 0.2) is 0 Å². The van der Waals surface area contributed by atoms with Crippen LogP contribution in [0.25, 0.3) is 0 Å². The van der Waals surface area contributed by atoms with Crippen LogP contribution in [0, 0.1) is 0 Å². The van der Waals surface area contributed by atoms with E-state index in [4.69, 9.17) is 10.5 Å². The summed E-state index contributed by atoms with van der Waals surface area (Å²) in [4.78, 5) is 0. The zero-order chi connectivity index (χ0) is 18.4. The van der Waals surface area contributed by atoms with Crippen molar-refractivity contribution in [3.8, 4) is 0 Å². The first-order chi connectivity index (χ1) is 12.3. The van der Waals surface area contributed by atoms with Crippen molar-refractivity contribution in [2.45, 2.75) is 122 Å². The monoisotopic (exact) mass is 357 g/mol. The summed E-state index contributed by atoms with van der Waals surface area (Å²) in [6.07, 6.45) is 22.6. The Morgan fingerprint density at radius 3 is 1.44 bits per heavy atom. The Morgan fingerprint density at radius 1 is 0.640 bits per heavy atom. The molecule has 0 spiro atoms. The summed E-state index contributed by atoms with van der Waals surface area (Å²) < 4.78 is 5.51. The van der Waals surface area contributed by atoms with E-state index in [0.29, 0.717) is 19.6 Å². The highest BCUT2D eigenvalue weighted by Gasteiger charge is 2.00. The summed E-state index contributed by atoms with van der Waals surface area (Å²) in [5.74, 6) is 0. The maximum Gasteiger partial charge on any atom is 0.0684 e. The Hall–Kier alpha value is -0.120. The van der Waals surface area contributed by atoms with Gasteiger partial charge in [0.05, 0.1) is 6.10 Å². The summed E-state index contributed by atoms with van der Waals surface area (Å²) in [5, 5.41) is 9.30. The van der Waals surface area contributed by atoms with E-state index in [1.54, 1.807) is 0 Å². The number of hydrogen-bond acceptors (Lipinski definition) is 3. The molecule has 152 valence electrons. The molecule has 0 aromatic carbocycles. The Bertz CT molecular complexity index is 236. The Balaban J connectivity index is 2.98. The molecular weight excluding hydrogens is 310 g/mol. The molecule has 0 amide bonds. The van der Waals surface area contributed by atoms with E-state index in [9.17, 15) is 5.11 Å². The molecule has 0 rings (SSSR count). The fraction of sp³-hybridized carbons (Fsp3) is 1.00. The first-order valence-electron chi connectivity index (χ1n) is 11.3. The summed E-state index contributed by atoms with van der Waals surface area (Å²) >= 11 is 0. The SMILES string of the molecule is CCCCCCCCCCCCCCCCCCOCCC(O)CN. The highest BCUT2D eigenvalue weighted by Crippen LogP contribution is 2.13. The molecule has 0 saturated heterocycles. The first kappa shape index (κ1) is 24.9. The normalized spacial score (nSPS) is 12.6. The Kier molecular flexibility index (Phi) is 21.8. The van der Waals surface area contributed by atoms with Gasteiger partial charge in [-0.15, -0.1) is 0 Å². The second-order valence-electron chi connectivity index (χ2n) is 7.59. The van der Waals surface area contributed by atoms with Gasteiger partial charge in [0, 0.05) is 19.8 Å². The van der Waals surface area contributed by atoms with Gasteiger partial charge in [0.1, 0.15) is 0 Å². The lowest BCUT2D eigenvalue weighted by molar-refractivity contribution is 0.0831. The molecule has 3 heteroatoms. The number of hydrogen-bond donors (Lipinski definition) is 2. The molecule has 1 unspecified atom stereocenters. The second kappa shape index (κ2) is 21.9. The van der Waals surface area contributed by atoms with Crippen LogP contribution in [0.3, 0.4) is 0 Å². The van der Waals surface area contributed by atoms with Crippen molar-refractivity contribution in [2.24, 2.45) is 5.73 Å². The minimum atomic E-state index is -0.397. The van der Waals surface area contributed by atoms with Gasteiger partial charge in [-0.3, -0.25) is 0 Å². The summed E-state index contributed by atoms with van der Waals surface area (Å²) in [7, 11) is 0. The van der Waals surface area contributed by atoms with Gasteiger partial charge in [-0.25, -0.2) is 0 Å². The maximum absolute atomic E-state index is 9.30. The third-order valence-corrected chi connectivity index (χ3v) is 5.01. The van der Waals surface area contributed by atoms with Crippen molar-refractivity contribution in [3.05, 3.63) is 0 Å². The van der Waals surface area contributed by atoms with Gasteiger partial charge in [0.15, 0.2) is 0 Å². The van der Waals surface area contributed by atoms with Gasteiger partial charge in [-0.2, -0.15) is 0 Å². The zero-order valence-corrected chi connectivity index (χ0v) is 17.2. The number of aliphatic hydroxyl groups is 1. The fourth-order valence-electron chi connectivity index (χ4n) is 3.19. The van der Waals surface area contributed by atoms with Crippen LogP contribution in [0.5, 0.6) is 0 Å². The molecule has 0 aromatic rings. The van der Waals surface area contributed by atoms with Gasteiger partial charge in [0.25, 0.3) is 0 Å². The third-order valence-electron chi connectivity index (χ3n) is 5.01. The van der Waals surface area contributed by atoms with Crippen molar-refractivity contribution >= 4 is 0 Å². The number of rotatable bonds is 21. The summed E-state index contributed by atoms with van der Waals surface area (Å²) in [6, 6.07) is 0. The minimum Gasteiger partial charge on any atom is -0.392 e. The molecule has 25 heavy (non-hydrogen) atoms. The molecule has 0 aromatic heterocycles. The van der Waals surface area contributed by atoms with Crippen LogP contribution >= 0.6 is 0 Å². The second-order valence-corrected chi connectivity index (χ2v) is 7.59. The van der Waals surface area contributed by atoms with Crippen LogP contribution in [-0.2, 0) is 4.74 Å². The van der Waals surface area contributed by atoms with Crippen LogP contribution in [0.2, 0.25) is 0 Å². The number of nitrogens with two attached hydrogens (primary N) is 1. The van der Waals surface area contributed by atoms with Crippen molar-refractivity contribution in [2.75, 3.05) is 19.8 Å². The standard InChI is InChI=1S/C22H47NO2/c1-2-3-4-5-6-7-8-9-10-11-12-13-14-15-16-17-19-25-20-18-22(24)21-23/h22,24H,2-21,23H2,1H3. The average molecular weight is 358 g/mol. The molecule has 3 nitrogen and oxygen atoms in total. The van der Waals surface area contributed by atoms with Gasteiger partial charge in [0.2, 0.25) is 0 Å². The van der Waals surface area contributed by atoms with Crippen LogP contribution in [0.4, 0.5) is 0 Å². The predicted octanol–water partition coefficient (Wildman–Crippen LogP) is 5.97. The van der Waals surface area contributed by atoms with Crippen molar-refractivity contribution in [1.82, 2.24) is 0 Å². The molecule has 0 fully saturated rings. The van der Waals surface area contributed by atoms with E-state index in [1.807, 2.05) is 0 Å². The molecule has 0 aliphatic carbocycles. The van der Waals surface area contributed by atoms with Gasteiger partial charge >= 0.3 is 0 Å². The number of ether oxygens (including phenoxy) is 1. The topological polar surface area (TPSA) is 55.5 Å². The number of aliphatic hydroxyl groups excluding tert-OH is 1. The number of unbranched alkanes of at least 4 members (excludes halogenated alkanes) is 15. The average Bonchev–Trinajstić information content (AvgIpc) is 2.63. The van der Waals surface area contributed by atoms with E-state index < -0.39 is 6.10 Å². The lowest BCUT2D eigenvalue weighted by Gasteiger charge is -2.08. The Labute approximate surface area is 158 Å². The first-order valence-corrected chi connectivity index (χ1v) is 11.3. The van der Waals surface area contributed by atoms with Crippen molar-refractivity contribution in [1.29, 1.82) is 0 Å². The van der Waals surface area contributed by atoms with Crippen molar-refractivity contribution < 1.29 is 9.84 Å². The lowest BCUT2D eigenvalue weighted by atomic mass is 10.0. The minimum absolute atomic E-state index is 0.336. The van der Waals surface area contributed by atoms with E-state index in [0.717, 1.165) is 13.0 Å². The highest BCUT2D eigenvalue weighted by molar-refractivity contribution is 4.54. The molecule has 0 bridgehead atoms. The van der Waals surface area contributed by atoms with Crippen molar-refractivity contribution in [3.63, 3.8) is 0 Å². The largest absolute Gasteiger partial charge is 0.392 e. The predicted molar refractivity (Wildman–Crippen MR) is 110 cm³/mol. The fourth-order valence-corrected chi connectivity index (χ4v) is 3.19. The molecule has 0 saturated carbocycles. The molecule has 1 atom stereocenters. The van der Waals surface area contributed by atoms with Gasteiger partial charge in [-0.1, -0.05) is 103 Å². The molecule has 0 aliphatic rings. The summed E-state index contributed by atoms with van der Waals surface area (Å²) in [6.45, 7) is 4.09. The maximum atomic E-state index is 9.30. The highest BCUT2D eigenvalue weighted by atomic mass is 16.5. The lowest BCUT2D eigenvalue weighted by Crippen LogP contribution is -2.21. The molecule has 0 heterocycles. The molecular formula is C22H47NO2. The molecule has 3 N–H and O–H groups in total.